The van der Waals surface area contributed by atoms with Crippen LogP contribution in [-0.4, -0.2) is 12.6 Å². The maximum absolute atomic E-state index is 3.78. The average molecular weight is 239 g/mol. The smallest absolute Gasteiger partial charge is 0.0118 e. The molecule has 1 aliphatic rings. The SMILES string of the molecule is CCCNC(CC1CCCCCC1)C(C)(C)C. The van der Waals surface area contributed by atoms with Gasteiger partial charge in [-0.2, -0.15) is 0 Å². The third-order valence-electron chi connectivity index (χ3n) is 4.23. The van der Waals surface area contributed by atoms with Gasteiger partial charge in [0.05, 0.1) is 0 Å². The van der Waals surface area contributed by atoms with Crippen molar-refractivity contribution in [3.8, 4) is 0 Å². The molecule has 1 N–H and O–H groups in total. The lowest BCUT2D eigenvalue weighted by Crippen LogP contribution is -2.42. The molecule has 1 fully saturated rings. The molecule has 1 unspecified atom stereocenters. The summed E-state index contributed by atoms with van der Waals surface area (Å²) in [7, 11) is 0. The van der Waals surface area contributed by atoms with Crippen molar-refractivity contribution in [2.45, 2.75) is 85.1 Å². The first-order valence-corrected chi connectivity index (χ1v) is 7.77. The van der Waals surface area contributed by atoms with Crippen molar-refractivity contribution in [2.24, 2.45) is 11.3 Å². The Kier molecular flexibility index (Phi) is 6.54. The van der Waals surface area contributed by atoms with Crippen LogP contribution in [0.4, 0.5) is 0 Å². The Labute approximate surface area is 109 Å². The van der Waals surface area contributed by atoms with Crippen LogP contribution in [-0.2, 0) is 0 Å². The van der Waals surface area contributed by atoms with Crippen LogP contribution < -0.4 is 5.32 Å². The van der Waals surface area contributed by atoms with Crippen molar-refractivity contribution in [1.29, 1.82) is 0 Å². The fourth-order valence-corrected chi connectivity index (χ4v) is 2.99. The summed E-state index contributed by atoms with van der Waals surface area (Å²) in [6, 6.07) is 0.700. The molecule has 0 radical (unpaired) electrons. The molecular weight excluding hydrogens is 206 g/mol. The molecule has 102 valence electrons. The van der Waals surface area contributed by atoms with Gasteiger partial charge in [-0.1, -0.05) is 66.2 Å². The normalized spacial score (nSPS) is 21.2. The van der Waals surface area contributed by atoms with Crippen LogP contribution in [0.15, 0.2) is 0 Å². The molecule has 0 bridgehead atoms. The van der Waals surface area contributed by atoms with Crippen LogP contribution in [0, 0.1) is 11.3 Å². The number of rotatable bonds is 5. The number of nitrogens with one attached hydrogen (secondary N) is 1. The van der Waals surface area contributed by atoms with E-state index >= 15 is 0 Å². The minimum Gasteiger partial charge on any atom is -0.313 e. The third kappa shape index (κ3) is 5.90. The van der Waals surface area contributed by atoms with Crippen molar-refractivity contribution in [2.75, 3.05) is 6.54 Å². The first-order chi connectivity index (χ1) is 8.04. The summed E-state index contributed by atoms with van der Waals surface area (Å²) >= 11 is 0. The summed E-state index contributed by atoms with van der Waals surface area (Å²) in [4.78, 5) is 0. The predicted molar refractivity (Wildman–Crippen MR) is 77.3 cm³/mol. The standard InChI is InChI=1S/C16H33N/c1-5-12-17-15(16(2,3)4)13-14-10-8-6-7-9-11-14/h14-15,17H,5-13H2,1-4H3. The molecule has 1 aliphatic carbocycles. The van der Waals surface area contributed by atoms with E-state index in [1.54, 1.807) is 0 Å². The lowest BCUT2D eigenvalue weighted by molar-refractivity contribution is 0.216. The lowest BCUT2D eigenvalue weighted by Gasteiger charge is -2.34. The van der Waals surface area contributed by atoms with E-state index in [9.17, 15) is 0 Å². The molecule has 0 saturated heterocycles. The van der Waals surface area contributed by atoms with Gasteiger partial charge in [0.1, 0.15) is 0 Å². The quantitative estimate of drug-likeness (QED) is 0.682. The number of hydrogen-bond acceptors (Lipinski definition) is 1. The monoisotopic (exact) mass is 239 g/mol. The second-order valence-electron chi connectivity index (χ2n) is 6.97. The maximum atomic E-state index is 3.78. The molecule has 0 amide bonds. The maximum Gasteiger partial charge on any atom is 0.0118 e. The lowest BCUT2D eigenvalue weighted by atomic mass is 9.79. The minimum atomic E-state index is 0.404. The van der Waals surface area contributed by atoms with E-state index in [4.69, 9.17) is 0 Å². The fourth-order valence-electron chi connectivity index (χ4n) is 2.99. The molecule has 0 aromatic heterocycles. The Morgan fingerprint density at radius 1 is 1.06 bits per heavy atom. The first-order valence-electron chi connectivity index (χ1n) is 7.77. The van der Waals surface area contributed by atoms with Crippen molar-refractivity contribution in [3.05, 3.63) is 0 Å². The molecule has 0 heterocycles. The molecule has 1 saturated carbocycles. The summed E-state index contributed by atoms with van der Waals surface area (Å²) < 4.78 is 0. The second-order valence-corrected chi connectivity index (χ2v) is 6.97. The molecule has 0 spiro atoms. The van der Waals surface area contributed by atoms with Gasteiger partial charge in [0.15, 0.2) is 0 Å². The van der Waals surface area contributed by atoms with Gasteiger partial charge in [-0.05, 0) is 30.7 Å². The van der Waals surface area contributed by atoms with Crippen molar-refractivity contribution in [3.63, 3.8) is 0 Å². The highest BCUT2D eigenvalue weighted by atomic mass is 14.9. The highest BCUT2D eigenvalue weighted by Gasteiger charge is 2.27. The molecule has 0 aromatic carbocycles. The van der Waals surface area contributed by atoms with Crippen LogP contribution >= 0.6 is 0 Å². The highest BCUT2D eigenvalue weighted by Crippen LogP contribution is 2.31. The predicted octanol–water partition coefficient (Wildman–Crippen LogP) is 4.76. The first kappa shape index (κ1) is 15.0. The number of hydrogen-bond donors (Lipinski definition) is 1. The average Bonchev–Trinajstić information content (AvgIpc) is 2.51. The Bertz CT molecular complexity index is 184. The van der Waals surface area contributed by atoms with E-state index < -0.39 is 0 Å². The van der Waals surface area contributed by atoms with E-state index in [-0.39, 0.29) is 0 Å². The molecule has 1 nitrogen and oxygen atoms in total. The second kappa shape index (κ2) is 7.41. The molecule has 0 aromatic rings. The van der Waals surface area contributed by atoms with E-state index in [1.165, 1.54) is 57.9 Å². The van der Waals surface area contributed by atoms with Gasteiger partial charge in [-0.15, -0.1) is 0 Å². The van der Waals surface area contributed by atoms with Gasteiger partial charge < -0.3 is 5.32 Å². The van der Waals surface area contributed by atoms with Gasteiger partial charge in [-0.25, -0.2) is 0 Å². The summed E-state index contributed by atoms with van der Waals surface area (Å²) in [6.45, 7) is 10.6. The highest BCUT2D eigenvalue weighted by molar-refractivity contribution is 4.83. The van der Waals surface area contributed by atoms with Crippen LogP contribution in [0.3, 0.4) is 0 Å². The molecule has 1 heteroatoms. The summed E-state index contributed by atoms with van der Waals surface area (Å²) in [6.07, 6.45) is 11.5. The van der Waals surface area contributed by atoms with E-state index in [0.29, 0.717) is 11.5 Å². The van der Waals surface area contributed by atoms with Crippen molar-refractivity contribution < 1.29 is 0 Å². The zero-order chi connectivity index (χ0) is 12.7. The summed E-state index contributed by atoms with van der Waals surface area (Å²) in [5.41, 5.74) is 0.404. The largest absolute Gasteiger partial charge is 0.313 e. The molecule has 1 rings (SSSR count). The van der Waals surface area contributed by atoms with Gasteiger partial charge in [0.2, 0.25) is 0 Å². The molecule has 1 atom stereocenters. The Morgan fingerprint density at radius 3 is 2.12 bits per heavy atom. The minimum absolute atomic E-state index is 0.404. The van der Waals surface area contributed by atoms with Gasteiger partial charge in [0, 0.05) is 6.04 Å². The van der Waals surface area contributed by atoms with Crippen LogP contribution in [0.25, 0.3) is 0 Å². The van der Waals surface area contributed by atoms with Gasteiger partial charge in [-0.3, -0.25) is 0 Å². The zero-order valence-electron chi connectivity index (χ0n) is 12.5. The molecule has 17 heavy (non-hydrogen) atoms. The molecular formula is C16H33N. The van der Waals surface area contributed by atoms with E-state index in [2.05, 4.69) is 33.0 Å². The van der Waals surface area contributed by atoms with Gasteiger partial charge in [0.25, 0.3) is 0 Å². The fraction of sp³-hybridized carbons (Fsp3) is 1.00. The van der Waals surface area contributed by atoms with Crippen molar-refractivity contribution in [1.82, 2.24) is 5.32 Å². The Hall–Kier alpha value is -0.0400. The van der Waals surface area contributed by atoms with Crippen LogP contribution in [0.5, 0.6) is 0 Å². The van der Waals surface area contributed by atoms with Gasteiger partial charge >= 0.3 is 0 Å². The summed E-state index contributed by atoms with van der Waals surface area (Å²) in [5.74, 6) is 0.978. The van der Waals surface area contributed by atoms with Crippen LogP contribution in [0.1, 0.15) is 79.1 Å². The van der Waals surface area contributed by atoms with Crippen LogP contribution in [0.2, 0.25) is 0 Å². The Balaban J connectivity index is 2.45. The van der Waals surface area contributed by atoms with Crippen molar-refractivity contribution >= 4 is 0 Å². The topological polar surface area (TPSA) is 12.0 Å². The zero-order valence-corrected chi connectivity index (χ0v) is 12.5. The molecule has 0 aliphatic heterocycles. The van der Waals surface area contributed by atoms with E-state index in [1.807, 2.05) is 0 Å². The van der Waals surface area contributed by atoms with E-state index in [0.717, 1.165) is 5.92 Å². The Morgan fingerprint density at radius 2 is 1.65 bits per heavy atom. The third-order valence-corrected chi connectivity index (χ3v) is 4.23. The summed E-state index contributed by atoms with van der Waals surface area (Å²) in [5, 5.41) is 3.78.